The Morgan fingerprint density at radius 2 is 1.55 bits per heavy atom. The molecule has 0 unspecified atom stereocenters. The fraction of sp³-hybridized carbons (Fsp3) is 0.276. The van der Waals surface area contributed by atoms with Crippen LogP contribution in [0.4, 0.5) is 8.78 Å². The molecule has 1 aromatic heterocycles. The number of carbonyl (C=O) groups is 1. The number of nitrogens with zero attached hydrogens (tertiary/aromatic N) is 3. The molecule has 0 bridgehead atoms. The van der Waals surface area contributed by atoms with Crippen LogP contribution < -0.4 is 10.1 Å². The Hall–Kier alpha value is -4.11. The molecule has 0 spiro atoms. The van der Waals surface area contributed by atoms with Crippen LogP contribution in [0, 0.1) is 17.6 Å². The second-order valence-corrected chi connectivity index (χ2v) is 9.35. The van der Waals surface area contributed by atoms with Crippen LogP contribution >= 0.6 is 0 Å². The average molecular weight is 519 g/mol. The van der Waals surface area contributed by atoms with E-state index >= 15 is 0 Å². The summed E-state index contributed by atoms with van der Waals surface area (Å²) in [6.07, 6.45) is 1.50. The van der Waals surface area contributed by atoms with Gasteiger partial charge in [0.25, 0.3) is 0 Å². The third kappa shape index (κ3) is 6.80. The number of aromatic nitrogens is 2. The van der Waals surface area contributed by atoms with Gasteiger partial charge < -0.3 is 14.6 Å². The number of carbonyl (C=O) groups excluding carboxylic acids is 1. The van der Waals surface area contributed by atoms with E-state index in [0.717, 1.165) is 37.1 Å². The van der Waals surface area contributed by atoms with E-state index in [0.29, 0.717) is 42.7 Å². The number of nitrogens with one attached hydrogen (secondary N) is 1. The second-order valence-electron chi connectivity index (χ2n) is 9.35. The van der Waals surface area contributed by atoms with Gasteiger partial charge in [0.1, 0.15) is 24.0 Å². The van der Waals surface area contributed by atoms with Crippen molar-refractivity contribution in [2.45, 2.75) is 32.5 Å². The summed E-state index contributed by atoms with van der Waals surface area (Å²) in [5, 5.41) is 7.03. The summed E-state index contributed by atoms with van der Waals surface area (Å²) in [4.78, 5) is 19.3. The molecule has 9 heteroatoms. The Labute approximate surface area is 219 Å². The molecule has 3 aromatic carbocycles. The van der Waals surface area contributed by atoms with Gasteiger partial charge in [0.05, 0.1) is 6.54 Å². The van der Waals surface area contributed by atoms with Gasteiger partial charge in [0.2, 0.25) is 17.6 Å². The molecular weight excluding hydrogens is 490 g/mol. The molecule has 2 heterocycles. The van der Waals surface area contributed by atoms with Gasteiger partial charge in [-0.2, -0.15) is 4.98 Å². The van der Waals surface area contributed by atoms with E-state index in [1.165, 1.54) is 24.3 Å². The Kier molecular flexibility index (Phi) is 8.04. The van der Waals surface area contributed by atoms with E-state index in [-0.39, 0.29) is 23.5 Å². The highest BCUT2D eigenvalue weighted by molar-refractivity contribution is 5.78. The number of halogens is 2. The molecule has 5 rings (SSSR count). The third-order valence-electron chi connectivity index (χ3n) is 6.60. The van der Waals surface area contributed by atoms with Crippen LogP contribution in [0.5, 0.6) is 5.75 Å². The fourth-order valence-electron chi connectivity index (χ4n) is 4.36. The van der Waals surface area contributed by atoms with Crippen LogP contribution in [-0.4, -0.2) is 34.0 Å². The normalized spacial score (nSPS) is 14.4. The van der Waals surface area contributed by atoms with E-state index in [2.05, 4.69) is 20.4 Å². The van der Waals surface area contributed by atoms with Crippen LogP contribution in [0.1, 0.15) is 29.9 Å². The van der Waals surface area contributed by atoms with Crippen LogP contribution in [0.3, 0.4) is 0 Å². The summed E-state index contributed by atoms with van der Waals surface area (Å²) in [5.41, 5.74) is 2.57. The van der Waals surface area contributed by atoms with Crippen LogP contribution in [-0.2, 0) is 24.5 Å². The summed E-state index contributed by atoms with van der Waals surface area (Å²) in [6, 6.07) is 19.8. The zero-order valence-corrected chi connectivity index (χ0v) is 20.8. The van der Waals surface area contributed by atoms with Crippen molar-refractivity contribution in [2.24, 2.45) is 5.92 Å². The predicted octanol–water partition coefficient (Wildman–Crippen LogP) is 5.12. The number of rotatable bonds is 9. The number of amides is 1. The van der Waals surface area contributed by atoms with Crippen LogP contribution in [0.2, 0.25) is 0 Å². The van der Waals surface area contributed by atoms with Crippen molar-refractivity contribution in [1.29, 1.82) is 0 Å². The highest BCUT2D eigenvalue weighted by Crippen LogP contribution is 2.21. The smallest absolute Gasteiger partial charge is 0.241 e. The van der Waals surface area contributed by atoms with Crippen molar-refractivity contribution in [3.63, 3.8) is 0 Å². The SMILES string of the molecule is O=C(NCc1ccc(OCc2ccc(F)cc2)cc1)C1CCN(Cc2nc(-c3ccc(F)cc3)no2)CC1. The fourth-order valence-corrected chi connectivity index (χ4v) is 4.36. The molecule has 0 saturated carbocycles. The molecular formula is C29H28F2N4O3. The lowest BCUT2D eigenvalue weighted by Crippen LogP contribution is -2.40. The Morgan fingerprint density at radius 3 is 2.24 bits per heavy atom. The molecule has 38 heavy (non-hydrogen) atoms. The van der Waals surface area contributed by atoms with Gasteiger partial charge in [-0.15, -0.1) is 0 Å². The van der Waals surface area contributed by atoms with Crippen molar-refractivity contribution < 1.29 is 22.8 Å². The van der Waals surface area contributed by atoms with Crippen molar-refractivity contribution in [3.8, 4) is 17.1 Å². The molecule has 0 aliphatic carbocycles. The number of ether oxygens (including phenoxy) is 1. The lowest BCUT2D eigenvalue weighted by molar-refractivity contribution is -0.126. The minimum absolute atomic E-state index is 0.0398. The van der Waals surface area contributed by atoms with Crippen LogP contribution in [0.25, 0.3) is 11.4 Å². The molecule has 1 aliphatic heterocycles. The molecule has 1 N–H and O–H groups in total. The van der Waals surface area contributed by atoms with Gasteiger partial charge in [0, 0.05) is 18.0 Å². The highest BCUT2D eigenvalue weighted by Gasteiger charge is 2.26. The second kappa shape index (κ2) is 12.0. The maximum Gasteiger partial charge on any atom is 0.241 e. The monoisotopic (exact) mass is 518 g/mol. The average Bonchev–Trinajstić information content (AvgIpc) is 3.41. The summed E-state index contributed by atoms with van der Waals surface area (Å²) < 4.78 is 37.2. The molecule has 7 nitrogen and oxygen atoms in total. The number of hydrogen-bond donors (Lipinski definition) is 1. The van der Waals surface area contributed by atoms with E-state index in [9.17, 15) is 13.6 Å². The lowest BCUT2D eigenvalue weighted by atomic mass is 9.96. The molecule has 1 fully saturated rings. The van der Waals surface area contributed by atoms with Crippen molar-refractivity contribution in [3.05, 3.63) is 101 Å². The Bertz CT molecular complexity index is 1330. The predicted molar refractivity (Wildman–Crippen MR) is 137 cm³/mol. The number of hydrogen-bond acceptors (Lipinski definition) is 6. The minimum atomic E-state index is -0.313. The molecule has 1 saturated heterocycles. The van der Waals surface area contributed by atoms with Gasteiger partial charge in [-0.3, -0.25) is 9.69 Å². The summed E-state index contributed by atoms with van der Waals surface area (Å²) in [5.74, 6) is 1.07. The molecule has 4 aromatic rings. The van der Waals surface area contributed by atoms with Crippen molar-refractivity contribution >= 4 is 5.91 Å². The molecule has 0 radical (unpaired) electrons. The van der Waals surface area contributed by atoms with E-state index in [1.807, 2.05) is 24.3 Å². The quantitative estimate of drug-likeness (QED) is 0.331. The van der Waals surface area contributed by atoms with E-state index in [4.69, 9.17) is 9.26 Å². The van der Waals surface area contributed by atoms with Gasteiger partial charge in [-0.05, 0) is 85.6 Å². The minimum Gasteiger partial charge on any atom is -0.489 e. The lowest BCUT2D eigenvalue weighted by Gasteiger charge is -2.30. The molecule has 196 valence electrons. The zero-order chi connectivity index (χ0) is 26.3. The molecule has 0 atom stereocenters. The molecule has 1 amide bonds. The first kappa shape index (κ1) is 25.5. The Balaban J connectivity index is 1.03. The number of benzene rings is 3. The summed E-state index contributed by atoms with van der Waals surface area (Å²) in [7, 11) is 0. The maximum atomic E-state index is 13.1. The molecule has 1 aliphatic rings. The van der Waals surface area contributed by atoms with Crippen molar-refractivity contribution in [1.82, 2.24) is 20.4 Å². The van der Waals surface area contributed by atoms with E-state index in [1.54, 1.807) is 24.3 Å². The van der Waals surface area contributed by atoms with Gasteiger partial charge in [-0.1, -0.05) is 29.4 Å². The van der Waals surface area contributed by atoms with Gasteiger partial charge in [-0.25, -0.2) is 8.78 Å². The highest BCUT2D eigenvalue weighted by atomic mass is 19.1. The first-order chi connectivity index (χ1) is 18.5. The van der Waals surface area contributed by atoms with E-state index < -0.39 is 0 Å². The van der Waals surface area contributed by atoms with Gasteiger partial charge in [0.15, 0.2) is 0 Å². The van der Waals surface area contributed by atoms with Crippen LogP contribution in [0.15, 0.2) is 77.3 Å². The zero-order valence-electron chi connectivity index (χ0n) is 20.8. The Morgan fingerprint density at radius 1 is 0.921 bits per heavy atom. The summed E-state index contributed by atoms with van der Waals surface area (Å²) in [6.45, 7) is 2.83. The number of likely N-dealkylation sites (tertiary alicyclic amines) is 1. The third-order valence-corrected chi connectivity index (χ3v) is 6.60. The standard InChI is InChI=1S/C29H28F2N4O3/c30-24-7-1-21(2-8-24)19-37-26-11-3-20(4-12-26)17-32-29(36)23-13-15-35(16-14-23)18-27-33-28(34-38-27)22-5-9-25(31)10-6-22/h1-12,23H,13-19H2,(H,32,36). The van der Waals surface area contributed by atoms with Gasteiger partial charge >= 0.3 is 0 Å². The first-order valence-corrected chi connectivity index (χ1v) is 12.6. The topological polar surface area (TPSA) is 80.5 Å². The largest absolute Gasteiger partial charge is 0.489 e. The first-order valence-electron chi connectivity index (χ1n) is 12.6. The van der Waals surface area contributed by atoms with Crippen molar-refractivity contribution in [2.75, 3.05) is 13.1 Å². The number of piperidine rings is 1. The maximum absolute atomic E-state index is 13.1. The summed E-state index contributed by atoms with van der Waals surface area (Å²) >= 11 is 0.